The molecule has 3 nitrogen and oxygen atoms in total. The average molecular weight is 191 g/mol. The summed E-state index contributed by atoms with van der Waals surface area (Å²) in [6.45, 7) is 5.77. The summed E-state index contributed by atoms with van der Waals surface area (Å²) in [5.74, 6) is 6.10. The van der Waals surface area contributed by atoms with Crippen LogP contribution in [0.1, 0.15) is 31.0 Å². The van der Waals surface area contributed by atoms with Gasteiger partial charge in [0, 0.05) is 19.5 Å². The number of nitrogens with two attached hydrogens (primary N) is 1. The van der Waals surface area contributed by atoms with E-state index in [1.165, 1.54) is 0 Å². The molecule has 76 valence electrons. The molecule has 0 aliphatic heterocycles. The Morgan fingerprint density at radius 1 is 1.57 bits per heavy atom. The Morgan fingerprint density at radius 2 is 2.36 bits per heavy atom. The molecule has 1 heterocycles. The van der Waals surface area contributed by atoms with Gasteiger partial charge in [0.25, 0.3) is 0 Å². The van der Waals surface area contributed by atoms with Crippen LogP contribution in [-0.4, -0.2) is 16.3 Å². The predicted molar refractivity (Wildman–Crippen MR) is 57.8 cm³/mol. The average Bonchev–Trinajstić information content (AvgIpc) is 2.51. The molecule has 1 aromatic rings. The van der Waals surface area contributed by atoms with Crippen molar-refractivity contribution in [1.29, 1.82) is 0 Å². The summed E-state index contributed by atoms with van der Waals surface area (Å²) in [6.07, 6.45) is 3.67. The lowest BCUT2D eigenvalue weighted by Crippen LogP contribution is -2.01. The first-order chi connectivity index (χ1) is 6.79. The van der Waals surface area contributed by atoms with E-state index in [4.69, 9.17) is 5.73 Å². The fourth-order valence-corrected chi connectivity index (χ4v) is 1.24. The van der Waals surface area contributed by atoms with Crippen LogP contribution in [0.5, 0.6) is 0 Å². The second-order valence-corrected chi connectivity index (χ2v) is 3.21. The van der Waals surface area contributed by atoms with Crippen LogP contribution >= 0.6 is 0 Å². The van der Waals surface area contributed by atoms with E-state index in [0.717, 1.165) is 30.6 Å². The Morgan fingerprint density at radius 3 is 3.00 bits per heavy atom. The number of hydrogen-bond donors (Lipinski definition) is 1. The summed E-state index contributed by atoms with van der Waals surface area (Å²) in [4.78, 5) is 0. The second-order valence-electron chi connectivity index (χ2n) is 3.21. The lowest BCUT2D eigenvalue weighted by molar-refractivity contribution is 0.587. The van der Waals surface area contributed by atoms with Gasteiger partial charge in [0.05, 0.1) is 17.5 Å². The lowest BCUT2D eigenvalue weighted by Gasteiger charge is -2.00. The van der Waals surface area contributed by atoms with Crippen LogP contribution in [0, 0.1) is 18.8 Å². The number of aryl methyl sites for hydroxylation is 1. The van der Waals surface area contributed by atoms with Crippen molar-refractivity contribution in [2.24, 2.45) is 5.73 Å². The standard InChI is InChI=1S/C11H17N3/c1-3-8-14-10(2)11(9-13-14)6-4-5-7-12/h9H,3,5,7-8,12H2,1-2H3. The van der Waals surface area contributed by atoms with E-state index in [-0.39, 0.29) is 0 Å². The molecule has 0 radical (unpaired) electrons. The van der Waals surface area contributed by atoms with E-state index < -0.39 is 0 Å². The minimum Gasteiger partial charge on any atom is -0.330 e. The van der Waals surface area contributed by atoms with E-state index in [1.54, 1.807) is 0 Å². The van der Waals surface area contributed by atoms with Crippen LogP contribution in [0.4, 0.5) is 0 Å². The molecule has 0 saturated carbocycles. The Balaban J connectivity index is 2.75. The van der Waals surface area contributed by atoms with E-state index in [1.807, 2.05) is 10.9 Å². The molecule has 0 aliphatic carbocycles. The normalized spacial score (nSPS) is 9.64. The van der Waals surface area contributed by atoms with Crippen LogP contribution in [0.2, 0.25) is 0 Å². The van der Waals surface area contributed by atoms with Crippen molar-refractivity contribution in [2.75, 3.05) is 6.54 Å². The van der Waals surface area contributed by atoms with Gasteiger partial charge in [0.15, 0.2) is 0 Å². The molecule has 0 fully saturated rings. The third-order valence-corrected chi connectivity index (χ3v) is 2.03. The molecule has 1 rings (SSSR count). The molecule has 0 saturated heterocycles. The monoisotopic (exact) mass is 191 g/mol. The van der Waals surface area contributed by atoms with Crippen molar-refractivity contribution in [2.45, 2.75) is 33.2 Å². The largest absolute Gasteiger partial charge is 0.330 e. The molecule has 0 spiro atoms. The van der Waals surface area contributed by atoms with Crippen molar-refractivity contribution < 1.29 is 0 Å². The zero-order valence-corrected chi connectivity index (χ0v) is 8.88. The molecule has 0 aliphatic rings. The zero-order valence-electron chi connectivity index (χ0n) is 8.88. The summed E-state index contributed by atoms with van der Waals surface area (Å²) in [7, 11) is 0. The second kappa shape index (κ2) is 5.46. The maximum Gasteiger partial charge on any atom is 0.0654 e. The molecule has 14 heavy (non-hydrogen) atoms. The first-order valence-electron chi connectivity index (χ1n) is 5.01. The van der Waals surface area contributed by atoms with Crippen LogP contribution in [0.25, 0.3) is 0 Å². The van der Waals surface area contributed by atoms with Gasteiger partial charge in [-0.15, -0.1) is 0 Å². The van der Waals surface area contributed by atoms with Crippen molar-refractivity contribution >= 4 is 0 Å². The summed E-state index contributed by atoms with van der Waals surface area (Å²) in [5, 5.41) is 4.27. The highest BCUT2D eigenvalue weighted by molar-refractivity contribution is 5.35. The van der Waals surface area contributed by atoms with Crippen LogP contribution < -0.4 is 5.73 Å². The number of rotatable bonds is 3. The first kappa shape index (κ1) is 10.8. The van der Waals surface area contributed by atoms with E-state index in [0.29, 0.717) is 6.54 Å². The summed E-state index contributed by atoms with van der Waals surface area (Å²) >= 11 is 0. The zero-order chi connectivity index (χ0) is 10.4. The van der Waals surface area contributed by atoms with Gasteiger partial charge in [-0.05, 0) is 13.3 Å². The Labute approximate surface area is 85.3 Å². The molecule has 3 heteroatoms. The highest BCUT2D eigenvalue weighted by Crippen LogP contribution is 2.05. The predicted octanol–water partition coefficient (Wildman–Crippen LogP) is 1.30. The molecular formula is C11H17N3. The summed E-state index contributed by atoms with van der Waals surface area (Å²) < 4.78 is 1.99. The van der Waals surface area contributed by atoms with Gasteiger partial charge >= 0.3 is 0 Å². The molecule has 0 unspecified atom stereocenters. The molecule has 1 aromatic heterocycles. The summed E-state index contributed by atoms with van der Waals surface area (Å²) in [6, 6.07) is 0. The molecule has 0 aromatic carbocycles. The maximum atomic E-state index is 5.36. The van der Waals surface area contributed by atoms with Crippen LogP contribution in [0.3, 0.4) is 0 Å². The van der Waals surface area contributed by atoms with Gasteiger partial charge in [-0.3, -0.25) is 4.68 Å². The highest BCUT2D eigenvalue weighted by Gasteiger charge is 2.01. The van der Waals surface area contributed by atoms with Crippen LogP contribution in [0.15, 0.2) is 6.20 Å². The lowest BCUT2D eigenvalue weighted by atomic mass is 10.2. The first-order valence-corrected chi connectivity index (χ1v) is 5.01. The van der Waals surface area contributed by atoms with E-state index in [9.17, 15) is 0 Å². The smallest absolute Gasteiger partial charge is 0.0654 e. The molecule has 2 N–H and O–H groups in total. The number of hydrogen-bond acceptors (Lipinski definition) is 2. The molecule has 0 bridgehead atoms. The Kier molecular flexibility index (Phi) is 4.21. The fourth-order valence-electron chi connectivity index (χ4n) is 1.24. The van der Waals surface area contributed by atoms with Crippen molar-refractivity contribution in [3.63, 3.8) is 0 Å². The number of nitrogens with zero attached hydrogens (tertiary/aromatic N) is 2. The topological polar surface area (TPSA) is 43.8 Å². The van der Waals surface area contributed by atoms with Crippen molar-refractivity contribution in [1.82, 2.24) is 9.78 Å². The van der Waals surface area contributed by atoms with Gasteiger partial charge in [-0.1, -0.05) is 18.8 Å². The molecule has 0 atom stereocenters. The van der Waals surface area contributed by atoms with E-state index in [2.05, 4.69) is 30.8 Å². The minimum atomic E-state index is 0.620. The van der Waals surface area contributed by atoms with Crippen molar-refractivity contribution in [3.05, 3.63) is 17.5 Å². The Bertz CT molecular complexity index is 341. The van der Waals surface area contributed by atoms with Gasteiger partial charge in [-0.25, -0.2) is 0 Å². The highest BCUT2D eigenvalue weighted by atomic mass is 15.3. The van der Waals surface area contributed by atoms with E-state index >= 15 is 0 Å². The van der Waals surface area contributed by atoms with Gasteiger partial charge in [-0.2, -0.15) is 5.10 Å². The number of aromatic nitrogens is 2. The van der Waals surface area contributed by atoms with Gasteiger partial charge < -0.3 is 5.73 Å². The molecule has 0 amide bonds. The summed E-state index contributed by atoms with van der Waals surface area (Å²) in [5.41, 5.74) is 7.53. The third-order valence-electron chi connectivity index (χ3n) is 2.03. The SMILES string of the molecule is CCCn1ncc(C#CCCN)c1C. The van der Waals surface area contributed by atoms with Gasteiger partial charge in [0.2, 0.25) is 0 Å². The Hall–Kier alpha value is -1.27. The minimum absolute atomic E-state index is 0.620. The van der Waals surface area contributed by atoms with Crippen molar-refractivity contribution in [3.8, 4) is 11.8 Å². The quantitative estimate of drug-likeness (QED) is 0.732. The van der Waals surface area contributed by atoms with Gasteiger partial charge in [0.1, 0.15) is 0 Å². The fraction of sp³-hybridized carbons (Fsp3) is 0.545. The third kappa shape index (κ3) is 2.61. The maximum absolute atomic E-state index is 5.36. The van der Waals surface area contributed by atoms with Crippen LogP contribution in [-0.2, 0) is 6.54 Å². The molecular weight excluding hydrogens is 174 g/mol.